The molecular formula is C58H94N4O10. The number of hydrogen-bond acceptors (Lipinski definition) is 10. The number of esters is 1. The van der Waals surface area contributed by atoms with Crippen molar-refractivity contribution in [2.75, 3.05) is 19.8 Å². The summed E-state index contributed by atoms with van der Waals surface area (Å²) in [5, 5.41) is 11.2. The number of carbonyl (C=O) groups is 5. The highest BCUT2D eigenvalue weighted by atomic mass is 16.6. The molecule has 4 N–H and O–H groups in total. The molecule has 2 rings (SSSR count). The Hall–Kier alpha value is -10.1. The molecule has 1 atom stereocenters. The van der Waals surface area contributed by atoms with Gasteiger partial charge < -0.3 is 45.0 Å². The van der Waals surface area contributed by atoms with Gasteiger partial charge in [0.25, 0.3) is 0 Å². The van der Waals surface area contributed by atoms with Gasteiger partial charge in [-0.2, -0.15) is 0 Å². The van der Waals surface area contributed by atoms with Crippen LogP contribution >= 0.6 is 0 Å². The second kappa shape index (κ2) is 29.6. The van der Waals surface area contributed by atoms with Gasteiger partial charge in [-0.1, -0.05) is 55.1 Å². The first-order valence-electron chi connectivity index (χ1n) is 21.5. The van der Waals surface area contributed by atoms with Gasteiger partial charge in [-0.05, 0) is 132 Å². The molecule has 0 aromatic heterocycles. The lowest BCUT2D eigenvalue weighted by Crippen LogP contribution is -2.45. The molecule has 0 bridgehead atoms. The molecule has 14 heteroatoms. The number of nitrogens with one attached hydrogen (secondary N) is 4. The summed E-state index contributed by atoms with van der Waals surface area (Å²) in [6, 6.07) is 14.5. The third kappa shape index (κ3) is 23.1. The Morgan fingerprint density at radius 3 is 1.25 bits per heavy atom. The van der Waals surface area contributed by atoms with Crippen LogP contribution in [0.2, 0.25) is 0 Å². The first-order chi connectivity index (χ1) is 34.1. The molecule has 14 nitrogen and oxygen atoms in total. The van der Waals surface area contributed by atoms with Crippen molar-refractivity contribution in [3.63, 3.8) is 0 Å². The maximum atomic E-state index is 13.1. The first kappa shape index (κ1) is 58.0. The largest absolute Gasteiger partial charge is 0.459 e. The summed E-state index contributed by atoms with van der Waals surface area (Å²) >= 11 is 0. The summed E-state index contributed by atoms with van der Waals surface area (Å²) in [5.74, 6) is 48.1. The normalized spacial score (nSPS) is 9.89. The monoisotopic (exact) mass is 1010 g/mol. The van der Waals surface area contributed by atoms with Crippen LogP contribution in [0.3, 0.4) is 0 Å². The predicted molar refractivity (Wildman–Crippen MR) is 317 cm³/mol. The molecule has 406 valence electrons. The number of alkyl carbamates (subject to hydrolysis) is 4. The minimum absolute atomic E-state index is 0. The Bertz CT molecular complexity index is 3180. The molecule has 0 aliphatic rings. The van der Waals surface area contributed by atoms with Gasteiger partial charge in [0.15, 0.2) is 0 Å². The number of terminal acetylenes is 1. The number of amides is 4. The van der Waals surface area contributed by atoms with Gasteiger partial charge in [-0.15, -0.1) is 6.42 Å². The smallest absolute Gasteiger partial charge is 0.421 e. The van der Waals surface area contributed by atoms with E-state index in [0.29, 0.717) is 16.7 Å². The van der Waals surface area contributed by atoms with Crippen molar-refractivity contribution in [3.8, 4) is 131 Å². The Balaban J connectivity index is -0.000000127. The van der Waals surface area contributed by atoms with Crippen LogP contribution in [0.25, 0.3) is 0 Å². The number of rotatable bonds is 15. The summed E-state index contributed by atoms with van der Waals surface area (Å²) in [4.78, 5) is 62.2. The maximum absolute atomic E-state index is 13.1. The zero-order valence-corrected chi connectivity index (χ0v) is 41.3. The molecular weight excluding hydrogens is 913 g/mol. The SMILES string of the molecule is C#CC#CC#CC#CC#CC#CC#CC#CC#CC#CC#COC(=O)NC(C)(C)c1cccc(C(C)(C)NC(=O)OC(C)COC(=O)NC(C)(C)c2cccc(C(C)(C)NC(=O)OCCOC(=O)C=C)c2)c1.[HH].[HH].[HH].[HH].[HH].[HH].[HH].[HH].[HH].[HH].[HH].[HH].[HH].[HH].[HH].[HH].[HH].[HH].[HH].[HH].[HH].[HH]. The molecule has 0 aliphatic carbocycles. The van der Waals surface area contributed by atoms with E-state index in [2.05, 4.69) is 152 Å². The van der Waals surface area contributed by atoms with Crippen LogP contribution in [0.5, 0.6) is 0 Å². The molecule has 72 heavy (non-hydrogen) atoms. The minimum Gasteiger partial charge on any atom is -0.459 e. The highest BCUT2D eigenvalue weighted by Crippen LogP contribution is 2.28. The van der Waals surface area contributed by atoms with Crippen LogP contribution in [-0.2, 0) is 50.6 Å². The Labute approximate surface area is 455 Å². The number of hydrogen-bond donors (Lipinski definition) is 4. The van der Waals surface area contributed by atoms with E-state index in [-0.39, 0.29) is 51.2 Å². The first-order valence-corrected chi connectivity index (χ1v) is 21.5. The fourth-order valence-corrected chi connectivity index (χ4v) is 5.44. The quantitative estimate of drug-likeness (QED) is 0.0441. The molecule has 4 amide bonds. The Morgan fingerprint density at radius 2 is 0.861 bits per heavy atom. The highest BCUT2D eigenvalue weighted by molar-refractivity contribution is 5.81. The maximum Gasteiger partial charge on any atom is 0.421 e. The zero-order chi connectivity index (χ0) is 53.5. The highest BCUT2D eigenvalue weighted by Gasteiger charge is 2.31. The molecule has 0 saturated carbocycles. The van der Waals surface area contributed by atoms with Gasteiger partial charge >= 0.3 is 30.3 Å². The lowest BCUT2D eigenvalue weighted by atomic mass is 9.87. The molecule has 0 saturated heterocycles. The van der Waals surface area contributed by atoms with Gasteiger partial charge in [0.2, 0.25) is 0 Å². The molecule has 1 unspecified atom stereocenters. The van der Waals surface area contributed by atoms with Gasteiger partial charge in [-0.3, -0.25) is 0 Å². The predicted octanol–water partition coefficient (Wildman–Crippen LogP) is 11.4. The third-order valence-electron chi connectivity index (χ3n) is 9.15. The van der Waals surface area contributed by atoms with Crippen molar-refractivity contribution in [2.45, 2.75) is 90.6 Å². The molecule has 0 radical (unpaired) electrons. The van der Waals surface area contributed by atoms with Crippen LogP contribution in [0.1, 0.15) is 116 Å². The van der Waals surface area contributed by atoms with Gasteiger partial charge in [0.05, 0.1) is 22.2 Å². The number of benzene rings is 2. The lowest BCUT2D eigenvalue weighted by Gasteiger charge is -2.31. The molecule has 0 aliphatic heterocycles. The fraction of sp³-hybridized carbons (Fsp3) is 0.293. The van der Waals surface area contributed by atoms with Gasteiger partial charge in [-0.25, -0.2) is 24.0 Å². The van der Waals surface area contributed by atoms with E-state index in [0.717, 1.165) is 11.6 Å². The third-order valence-corrected chi connectivity index (χ3v) is 9.15. The molecule has 0 fully saturated rings. The van der Waals surface area contributed by atoms with E-state index in [1.807, 2.05) is 30.3 Å². The van der Waals surface area contributed by atoms with Crippen molar-refractivity contribution < 1.29 is 79.0 Å². The summed E-state index contributed by atoms with van der Waals surface area (Å²) in [6.07, 6.45) is 4.31. The van der Waals surface area contributed by atoms with Crippen molar-refractivity contribution in [1.29, 1.82) is 0 Å². The van der Waals surface area contributed by atoms with Crippen LogP contribution in [-0.4, -0.2) is 56.3 Å². The van der Waals surface area contributed by atoms with Crippen LogP contribution in [0.15, 0.2) is 61.2 Å². The van der Waals surface area contributed by atoms with E-state index in [4.69, 9.17) is 30.1 Å². The Kier molecular flexibility index (Phi) is 23.9. The Morgan fingerprint density at radius 1 is 0.528 bits per heavy atom. The second-order valence-corrected chi connectivity index (χ2v) is 16.5. The van der Waals surface area contributed by atoms with Gasteiger partial charge in [0, 0.05) is 109 Å². The average Bonchev–Trinajstić information content (AvgIpc) is 3.32. The van der Waals surface area contributed by atoms with Crippen LogP contribution in [0, 0.1) is 131 Å². The van der Waals surface area contributed by atoms with Crippen molar-refractivity contribution in [3.05, 3.63) is 83.4 Å². The fourth-order valence-electron chi connectivity index (χ4n) is 5.44. The summed E-state index contributed by atoms with van der Waals surface area (Å²) in [5.41, 5.74) is -0.890. The summed E-state index contributed by atoms with van der Waals surface area (Å²) in [6.45, 7) is 18.6. The summed E-state index contributed by atoms with van der Waals surface area (Å²) in [7, 11) is 0. The number of carbonyl (C=O) groups excluding carboxylic acids is 5. The van der Waals surface area contributed by atoms with Crippen molar-refractivity contribution in [2.24, 2.45) is 0 Å². The van der Waals surface area contributed by atoms with Crippen molar-refractivity contribution >= 4 is 30.3 Å². The number of ether oxygens (including phenoxy) is 5. The summed E-state index contributed by atoms with van der Waals surface area (Å²) < 4.78 is 25.8. The lowest BCUT2D eigenvalue weighted by molar-refractivity contribution is -0.138. The van der Waals surface area contributed by atoms with E-state index < -0.39 is 58.6 Å². The van der Waals surface area contributed by atoms with Crippen LogP contribution in [0.4, 0.5) is 19.2 Å². The average molecular weight is 1010 g/mol. The van der Waals surface area contributed by atoms with Crippen LogP contribution < -0.4 is 21.3 Å². The standard InChI is InChI=1S/C58H50N4O10.22H2/c1-12-14-15-16-17-18-19-20-21-22-23-24-25-26-27-28-29-30-31-32-39-69-51(64)59-55(4,5)47-36-34-38-49(43-47)58(10,11)62-54(67)72-45(3)44-71-53(66)61-57(8,9)48-37-33-35-46(42-48)56(6,7)60-52(65)70-41-40-68-50(63)13-2;;;;;;;;;;;;;;;;;;;;;;/h1,13,33-38,42-43,45H,2,40-41,44H2,3-11H3,(H,59,64)(H,60,65)(H,61,66)(H,62,67);22*1H. The molecule has 0 spiro atoms. The second-order valence-electron chi connectivity index (χ2n) is 16.5. The minimum atomic E-state index is -0.948. The van der Waals surface area contributed by atoms with E-state index in [1.54, 1.807) is 80.5 Å². The van der Waals surface area contributed by atoms with E-state index in [9.17, 15) is 24.0 Å². The molecule has 2 aromatic carbocycles. The molecule has 0 heterocycles. The van der Waals surface area contributed by atoms with Crippen molar-refractivity contribution in [1.82, 2.24) is 21.3 Å². The van der Waals surface area contributed by atoms with E-state index in [1.165, 1.54) is 0 Å². The topological polar surface area (TPSA) is 180 Å². The molecule has 2 aromatic rings. The zero-order valence-electron chi connectivity index (χ0n) is 41.3. The van der Waals surface area contributed by atoms with E-state index >= 15 is 0 Å². The van der Waals surface area contributed by atoms with Gasteiger partial charge in [0.1, 0.15) is 32.0 Å².